The molecule has 1 aromatic carbocycles. The molecule has 0 unspecified atom stereocenters. The van der Waals surface area contributed by atoms with Crippen molar-refractivity contribution in [2.75, 3.05) is 11.9 Å². The zero-order valence-corrected chi connectivity index (χ0v) is 15.5. The molecule has 4 bridgehead atoms. The summed E-state index contributed by atoms with van der Waals surface area (Å²) in [6.45, 7) is 1.10. The monoisotopic (exact) mass is 371 g/mol. The molecular formula is C21H25NO5. The Bertz CT molecular complexity index is 764. The number of carbonyl (C=O) groups is 3. The second kappa shape index (κ2) is 6.66. The van der Waals surface area contributed by atoms with Gasteiger partial charge in [0, 0.05) is 18.0 Å². The second-order valence-corrected chi connectivity index (χ2v) is 8.61. The Morgan fingerprint density at radius 2 is 1.70 bits per heavy atom. The number of ether oxygens (including phenoxy) is 1. The third-order valence-electron chi connectivity index (χ3n) is 6.50. The van der Waals surface area contributed by atoms with E-state index in [1.807, 2.05) is 0 Å². The van der Waals surface area contributed by atoms with Crippen LogP contribution in [0.25, 0.3) is 0 Å². The van der Waals surface area contributed by atoms with E-state index in [0.29, 0.717) is 23.4 Å². The summed E-state index contributed by atoms with van der Waals surface area (Å²) < 4.78 is 5.26. The van der Waals surface area contributed by atoms with E-state index < -0.39 is 5.97 Å². The summed E-state index contributed by atoms with van der Waals surface area (Å²) in [6.07, 6.45) is 6.53. The van der Waals surface area contributed by atoms with Crippen molar-refractivity contribution >= 4 is 23.3 Å². The van der Waals surface area contributed by atoms with Crippen LogP contribution >= 0.6 is 0 Å². The molecule has 0 atom stereocenters. The number of Topliss-reactive ketones (excluding diaryl/α,β-unsaturated/α-hetero) is 1. The average molecular weight is 371 g/mol. The van der Waals surface area contributed by atoms with Gasteiger partial charge in [0.25, 0.3) is 0 Å². The van der Waals surface area contributed by atoms with Crippen molar-refractivity contribution in [3.63, 3.8) is 0 Å². The topological polar surface area (TPSA) is 92.7 Å². The molecule has 0 spiro atoms. The van der Waals surface area contributed by atoms with Crippen molar-refractivity contribution in [1.82, 2.24) is 0 Å². The van der Waals surface area contributed by atoms with Crippen molar-refractivity contribution < 1.29 is 24.2 Å². The van der Waals surface area contributed by atoms with Crippen LogP contribution < -0.4 is 5.32 Å². The molecule has 27 heavy (non-hydrogen) atoms. The first-order chi connectivity index (χ1) is 12.8. The van der Waals surface area contributed by atoms with Crippen LogP contribution in [-0.4, -0.2) is 29.4 Å². The van der Waals surface area contributed by atoms with Gasteiger partial charge in [-0.3, -0.25) is 9.59 Å². The molecule has 4 saturated carbocycles. The van der Waals surface area contributed by atoms with E-state index >= 15 is 0 Å². The first-order valence-corrected chi connectivity index (χ1v) is 9.66. The summed E-state index contributed by atoms with van der Waals surface area (Å²) in [7, 11) is 0. The first-order valence-electron chi connectivity index (χ1n) is 9.66. The SMILES string of the molecule is CC(=O)Nc1ccc(O)c(C(=O)OCC(=O)C23CC4CC(CC(C4)C2)C3)c1. The number of nitrogens with one attached hydrogen (secondary N) is 1. The van der Waals surface area contributed by atoms with Crippen LogP contribution in [0.3, 0.4) is 0 Å². The highest BCUT2D eigenvalue weighted by Gasteiger charge is 2.54. The van der Waals surface area contributed by atoms with Crippen LogP contribution in [0.15, 0.2) is 18.2 Å². The summed E-state index contributed by atoms with van der Waals surface area (Å²) in [5.74, 6) is 0.691. The maximum Gasteiger partial charge on any atom is 0.342 e. The minimum absolute atomic E-state index is 0.0208. The number of hydrogen-bond donors (Lipinski definition) is 2. The van der Waals surface area contributed by atoms with Crippen molar-refractivity contribution in [2.24, 2.45) is 23.2 Å². The maximum atomic E-state index is 12.9. The third kappa shape index (κ3) is 3.45. The summed E-state index contributed by atoms with van der Waals surface area (Å²) in [6, 6.07) is 4.17. The largest absolute Gasteiger partial charge is 0.507 e. The number of rotatable bonds is 5. The molecule has 0 radical (unpaired) electrons. The van der Waals surface area contributed by atoms with Gasteiger partial charge >= 0.3 is 5.97 Å². The Labute approximate surface area is 158 Å². The zero-order valence-electron chi connectivity index (χ0n) is 15.5. The number of ketones is 1. The van der Waals surface area contributed by atoms with Gasteiger partial charge < -0.3 is 15.2 Å². The highest BCUT2D eigenvalue weighted by atomic mass is 16.5. The standard InChI is InChI=1S/C21H25NO5/c1-12(23)22-16-2-3-18(24)17(7-16)20(26)27-11-19(25)21-8-13-4-14(9-21)6-15(5-13)10-21/h2-3,7,13-15,24H,4-6,8-11H2,1H3,(H,22,23). The molecule has 0 heterocycles. The van der Waals surface area contributed by atoms with Gasteiger partial charge in [0.1, 0.15) is 11.3 Å². The van der Waals surface area contributed by atoms with E-state index in [1.54, 1.807) is 0 Å². The molecule has 6 heteroatoms. The lowest BCUT2D eigenvalue weighted by atomic mass is 9.48. The normalized spacial score (nSPS) is 30.8. The molecule has 4 aliphatic carbocycles. The molecule has 5 rings (SSSR count). The quantitative estimate of drug-likeness (QED) is 0.612. The molecule has 144 valence electrons. The Hall–Kier alpha value is -2.37. The predicted octanol–water partition coefficient (Wildman–Crippen LogP) is 3.29. The van der Waals surface area contributed by atoms with Gasteiger partial charge in [0.15, 0.2) is 12.4 Å². The number of esters is 1. The second-order valence-electron chi connectivity index (χ2n) is 8.61. The summed E-state index contributed by atoms with van der Waals surface area (Å²) in [4.78, 5) is 36.5. The van der Waals surface area contributed by atoms with Crippen LogP contribution in [-0.2, 0) is 14.3 Å². The van der Waals surface area contributed by atoms with E-state index in [4.69, 9.17) is 4.74 Å². The zero-order chi connectivity index (χ0) is 19.2. The van der Waals surface area contributed by atoms with E-state index in [2.05, 4.69) is 5.32 Å². The van der Waals surface area contributed by atoms with Crippen molar-refractivity contribution in [3.8, 4) is 5.75 Å². The Morgan fingerprint density at radius 1 is 1.11 bits per heavy atom. The Balaban J connectivity index is 1.42. The molecule has 4 fully saturated rings. The Kier molecular flexibility index (Phi) is 4.44. The van der Waals surface area contributed by atoms with E-state index in [-0.39, 0.29) is 35.0 Å². The molecule has 1 amide bonds. The molecule has 1 aromatic rings. The van der Waals surface area contributed by atoms with Crippen molar-refractivity contribution in [3.05, 3.63) is 23.8 Å². The lowest BCUT2D eigenvalue weighted by Gasteiger charge is -2.55. The van der Waals surface area contributed by atoms with Crippen molar-refractivity contribution in [2.45, 2.75) is 45.4 Å². The summed E-state index contributed by atoms with van der Waals surface area (Å²) in [5.41, 5.74) is 0.0222. The van der Waals surface area contributed by atoms with Gasteiger partial charge in [-0.05, 0) is 74.5 Å². The fourth-order valence-electron chi connectivity index (χ4n) is 5.79. The van der Waals surface area contributed by atoms with E-state index in [0.717, 1.165) is 19.3 Å². The molecular weight excluding hydrogens is 346 g/mol. The van der Waals surface area contributed by atoms with Gasteiger partial charge in [-0.15, -0.1) is 0 Å². The predicted molar refractivity (Wildman–Crippen MR) is 98.3 cm³/mol. The van der Waals surface area contributed by atoms with Crippen LogP contribution in [0.2, 0.25) is 0 Å². The molecule has 6 nitrogen and oxygen atoms in total. The molecule has 4 aliphatic rings. The molecule has 2 N–H and O–H groups in total. The minimum Gasteiger partial charge on any atom is -0.507 e. The van der Waals surface area contributed by atoms with Gasteiger partial charge in [-0.25, -0.2) is 4.79 Å². The smallest absolute Gasteiger partial charge is 0.342 e. The summed E-state index contributed by atoms with van der Waals surface area (Å²) in [5, 5.41) is 12.5. The van der Waals surface area contributed by atoms with Crippen LogP contribution in [0, 0.1) is 23.2 Å². The third-order valence-corrected chi connectivity index (χ3v) is 6.50. The lowest BCUT2D eigenvalue weighted by molar-refractivity contribution is -0.147. The molecule has 0 aliphatic heterocycles. The van der Waals surface area contributed by atoms with Gasteiger partial charge in [0.2, 0.25) is 5.91 Å². The number of benzene rings is 1. The van der Waals surface area contributed by atoms with E-state index in [9.17, 15) is 19.5 Å². The number of anilines is 1. The molecule has 0 aromatic heterocycles. The van der Waals surface area contributed by atoms with Crippen molar-refractivity contribution in [1.29, 1.82) is 0 Å². The van der Waals surface area contributed by atoms with Crippen LogP contribution in [0.5, 0.6) is 5.75 Å². The summed E-state index contributed by atoms with van der Waals surface area (Å²) >= 11 is 0. The first kappa shape index (κ1) is 18.0. The lowest BCUT2D eigenvalue weighted by Crippen LogP contribution is -2.51. The highest BCUT2D eigenvalue weighted by molar-refractivity contribution is 5.97. The van der Waals surface area contributed by atoms with E-state index in [1.165, 1.54) is 44.4 Å². The minimum atomic E-state index is -0.752. The highest BCUT2D eigenvalue weighted by Crippen LogP contribution is 2.60. The maximum absolute atomic E-state index is 12.9. The fourth-order valence-corrected chi connectivity index (χ4v) is 5.79. The van der Waals surface area contributed by atoms with Crippen LogP contribution in [0.1, 0.15) is 55.8 Å². The number of carbonyl (C=O) groups excluding carboxylic acids is 3. The number of phenols is 1. The van der Waals surface area contributed by atoms with Crippen LogP contribution in [0.4, 0.5) is 5.69 Å². The van der Waals surface area contributed by atoms with Gasteiger partial charge in [-0.1, -0.05) is 0 Å². The number of hydrogen-bond acceptors (Lipinski definition) is 5. The fraction of sp³-hybridized carbons (Fsp3) is 0.571. The number of amides is 1. The van der Waals surface area contributed by atoms with Gasteiger partial charge in [0.05, 0.1) is 0 Å². The molecule has 0 saturated heterocycles. The average Bonchev–Trinajstić information content (AvgIpc) is 2.59. The number of aromatic hydroxyl groups is 1. The van der Waals surface area contributed by atoms with Gasteiger partial charge in [-0.2, -0.15) is 0 Å². The Morgan fingerprint density at radius 3 is 2.26 bits per heavy atom. The number of phenolic OH excluding ortho intramolecular Hbond substituents is 1.